The summed E-state index contributed by atoms with van der Waals surface area (Å²) in [5.74, 6) is 0.892. The fourth-order valence-corrected chi connectivity index (χ4v) is 6.00. The average molecular weight is 523 g/mol. The molecule has 2 heterocycles. The third kappa shape index (κ3) is 5.82. The molecular weight excluding hydrogens is 498 g/mol. The van der Waals surface area contributed by atoms with Gasteiger partial charge in [0.15, 0.2) is 5.13 Å². The number of nitrogens with one attached hydrogen (secondary N) is 1. The largest absolute Gasteiger partial charge is 0.493 e. The van der Waals surface area contributed by atoms with Gasteiger partial charge in [-0.2, -0.15) is 0 Å². The van der Waals surface area contributed by atoms with Crippen molar-refractivity contribution in [3.8, 4) is 22.8 Å². The summed E-state index contributed by atoms with van der Waals surface area (Å²) in [7, 11) is -3.14. The number of hydrogen-bond donors (Lipinski definition) is 1. The van der Waals surface area contributed by atoms with Gasteiger partial charge in [0.1, 0.15) is 28.9 Å². The number of hydrogen-bond acceptors (Lipinski definition) is 8. The maximum Gasteiger partial charge on any atom is 0.334 e. The number of nitrogens with zero attached hydrogens (tertiary/aromatic N) is 1. The molecule has 1 N–H and O–H groups in total. The van der Waals surface area contributed by atoms with Crippen molar-refractivity contribution in [1.82, 2.24) is 4.98 Å². The van der Waals surface area contributed by atoms with Gasteiger partial charge in [-0.3, -0.25) is 4.57 Å². The Labute approximate surface area is 206 Å². The molecule has 1 aliphatic rings. The normalized spacial score (nSPS) is 12.4. The second-order valence-electron chi connectivity index (χ2n) is 7.22. The fourth-order valence-electron chi connectivity index (χ4n) is 3.38. The molecule has 180 valence electrons. The number of anilines is 1. The van der Waals surface area contributed by atoms with Crippen LogP contribution in [0, 0.1) is 5.82 Å². The van der Waals surface area contributed by atoms with Crippen LogP contribution in [0.1, 0.15) is 24.3 Å². The van der Waals surface area contributed by atoms with Crippen LogP contribution in [0.15, 0.2) is 42.5 Å². The van der Waals surface area contributed by atoms with Crippen molar-refractivity contribution >= 4 is 41.3 Å². The highest BCUT2D eigenvalue weighted by molar-refractivity contribution is 7.81. The molecule has 1 aromatic heterocycles. The lowest BCUT2D eigenvalue weighted by atomic mass is 10.1. The third-order valence-corrected chi connectivity index (χ3v) is 8.19. The van der Waals surface area contributed by atoms with Crippen LogP contribution in [0.3, 0.4) is 0 Å². The van der Waals surface area contributed by atoms with Crippen molar-refractivity contribution in [2.75, 3.05) is 31.3 Å². The van der Waals surface area contributed by atoms with Gasteiger partial charge in [0.05, 0.1) is 36.6 Å². The Bertz CT molecular complexity index is 1210. The molecule has 0 atom stereocenters. The van der Waals surface area contributed by atoms with Crippen LogP contribution >= 0.6 is 31.2 Å². The first-order chi connectivity index (χ1) is 16.4. The van der Waals surface area contributed by atoms with Gasteiger partial charge < -0.3 is 23.8 Å². The van der Waals surface area contributed by atoms with Crippen LogP contribution in [-0.4, -0.2) is 36.0 Å². The lowest BCUT2D eigenvalue weighted by molar-refractivity contribution is 0.213. The van der Waals surface area contributed by atoms with Gasteiger partial charge in [0, 0.05) is 11.1 Å². The topological polar surface area (TPSA) is 78.9 Å². The first-order valence-electron chi connectivity index (χ1n) is 10.8. The van der Waals surface area contributed by atoms with Crippen LogP contribution in [0.25, 0.3) is 11.3 Å². The van der Waals surface area contributed by atoms with Crippen LogP contribution < -0.4 is 14.8 Å². The molecule has 0 amide bonds. The minimum Gasteiger partial charge on any atom is -0.493 e. The van der Waals surface area contributed by atoms with E-state index in [1.807, 2.05) is 12.1 Å². The standard InChI is InChI=1S/C23H24FN2O5PS2/c1-3-30-32(27,31-4-2)12-11-28-17-8-5-15(6-9-17)22(33)26-23-25-21-18-13-16(24)7-10-19(18)29-14-20(21)34-23/h5-10,13H,3-4,11-12,14H2,1-2H3,(H,25,26,33). The summed E-state index contributed by atoms with van der Waals surface area (Å²) in [6, 6.07) is 11.6. The second-order valence-corrected chi connectivity index (χ2v) is 10.9. The third-order valence-electron chi connectivity index (χ3n) is 4.88. The molecule has 11 heteroatoms. The molecule has 3 aromatic rings. The predicted molar refractivity (Wildman–Crippen MR) is 135 cm³/mol. The van der Waals surface area contributed by atoms with Gasteiger partial charge in [-0.25, -0.2) is 9.37 Å². The molecule has 2 aromatic carbocycles. The molecule has 7 nitrogen and oxygen atoms in total. The maximum absolute atomic E-state index is 13.7. The van der Waals surface area contributed by atoms with Crippen molar-refractivity contribution in [2.45, 2.75) is 20.5 Å². The number of rotatable bonds is 10. The highest BCUT2D eigenvalue weighted by Crippen LogP contribution is 2.47. The van der Waals surface area contributed by atoms with E-state index in [1.54, 1.807) is 32.0 Å². The summed E-state index contributed by atoms with van der Waals surface area (Å²) < 4.78 is 48.1. The number of halogens is 1. The van der Waals surface area contributed by atoms with Crippen LogP contribution in [0.2, 0.25) is 0 Å². The van der Waals surface area contributed by atoms with Gasteiger partial charge in [0.2, 0.25) is 0 Å². The summed E-state index contributed by atoms with van der Waals surface area (Å²) in [6.07, 6.45) is 0.169. The molecule has 0 saturated heterocycles. The van der Waals surface area contributed by atoms with Crippen molar-refractivity contribution in [1.29, 1.82) is 0 Å². The zero-order valence-corrected chi connectivity index (χ0v) is 21.2. The van der Waals surface area contributed by atoms with E-state index in [9.17, 15) is 8.96 Å². The highest BCUT2D eigenvalue weighted by atomic mass is 32.1. The molecule has 0 aliphatic carbocycles. The molecule has 0 fully saturated rings. The predicted octanol–water partition coefficient (Wildman–Crippen LogP) is 6.27. The first-order valence-corrected chi connectivity index (χ1v) is 13.7. The Morgan fingerprint density at radius 2 is 1.94 bits per heavy atom. The van der Waals surface area contributed by atoms with E-state index in [0.29, 0.717) is 52.7 Å². The minimum absolute atomic E-state index is 0.169. The Morgan fingerprint density at radius 1 is 1.21 bits per heavy atom. The quantitative estimate of drug-likeness (QED) is 0.246. The number of thiocarbonyl (C=S) groups is 1. The highest BCUT2D eigenvalue weighted by Gasteiger charge is 2.24. The monoisotopic (exact) mass is 522 g/mol. The van der Waals surface area contributed by atoms with Crippen molar-refractivity contribution in [3.05, 3.63) is 58.7 Å². The van der Waals surface area contributed by atoms with E-state index in [0.717, 1.165) is 10.4 Å². The van der Waals surface area contributed by atoms with E-state index in [-0.39, 0.29) is 18.6 Å². The summed E-state index contributed by atoms with van der Waals surface area (Å²) in [5.41, 5.74) is 2.12. The van der Waals surface area contributed by atoms with Gasteiger partial charge in [0.25, 0.3) is 0 Å². The number of ether oxygens (including phenoxy) is 2. The van der Waals surface area contributed by atoms with Crippen LogP contribution in [-0.2, 0) is 20.2 Å². The van der Waals surface area contributed by atoms with E-state index < -0.39 is 7.60 Å². The zero-order valence-electron chi connectivity index (χ0n) is 18.7. The van der Waals surface area contributed by atoms with Gasteiger partial charge in [-0.1, -0.05) is 23.6 Å². The van der Waals surface area contributed by atoms with Gasteiger partial charge >= 0.3 is 7.60 Å². The summed E-state index contributed by atoms with van der Waals surface area (Å²) >= 11 is 6.95. The second kappa shape index (κ2) is 10.9. The molecule has 4 rings (SSSR count). The molecule has 0 unspecified atom stereocenters. The molecule has 0 radical (unpaired) electrons. The molecule has 0 spiro atoms. The minimum atomic E-state index is -3.14. The lowest BCUT2D eigenvalue weighted by Crippen LogP contribution is -2.11. The summed E-state index contributed by atoms with van der Waals surface area (Å²) in [4.78, 5) is 6.01. The SMILES string of the molecule is CCOP(=O)(CCOc1ccc(C(=S)Nc2nc3c(s2)COc2ccc(F)cc2-3)cc1)OCC. The Balaban J connectivity index is 1.36. The maximum atomic E-state index is 13.7. The summed E-state index contributed by atoms with van der Waals surface area (Å²) in [5, 5.41) is 3.76. The van der Waals surface area contributed by atoms with Crippen LogP contribution in [0.4, 0.5) is 9.52 Å². The Morgan fingerprint density at radius 3 is 2.65 bits per heavy atom. The fraction of sp³-hybridized carbons (Fsp3) is 0.304. The molecule has 0 bridgehead atoms. The van der Waals surface area contributed by atoms with Crippen molar-refractivity contribution in [2.24, 2.45) is 0 Å². The van der Waals surface area contributed by atoms with E-state index in [4.69, 9.17) is 30.7 Å². The van der Waals surface area contributed by atoms with E-state index in [2.05, 4.69) is 10.3 Å². The number of benzene rings is 2. The number of fused-ring (bicyclic) bond motifs is 3. The van der Waals surface area contributed by atoms with Crippen LogP contribution in [0.5, 0.6) is 11.5 Å². The van der Waals surface area contributed by atoms with E-state index in [1.165, 1.54) is 23.5 Å². The average Bonchev–Trinajstić information content (AvgIpc) is 3.23. The van der Waals surface area contributed by atoms with Gasteiger partial charge in [-0.15, -0.1) is 0 Å². The van der Waals surface area contributed by atoms with Crippen molar-refractivity contribution in [3.63, 3.8) is 0 Å². The number of thiazole rings is 1. The van der Waals surface area contributed by atoms with Gasteiger partial charge in [-0.05, 0) is 56.3 Å². The Hall–Kier alpha value is -2.36. The molecular formula is C23H24FN2O5PS2. The lowest BCUT2D eigenvalue weighted by Gasteiger charge is -2.17. The smallest absolute Gasteiger partial charge is 0.334 e. The number of aromatic nitrogens is 1. The molecule has 0 saturated carbocycles. The Kier molecular flexibility index (Phi) is 7.95. The summed E-state index contributed by atoms with van der Waals surface area (Å²) in [6.45, 7) is 4.76. The molecule has 34 heavy (non-hydrogen) atoms. The zero-order chi connectivity index (χ0) is 24.1. The van der Waals surface area contributed by atoms with Crippen molar-refractivity contribution < 1.29 is 27.5 Å². The van der Waals surface area contributed by atoms with E-state index >= 15 is 0 Å². The molecule has 1 aliphatic heterocycles. The first kappa shape index (κ1) is 24.8.